The quantitative estimate of drug-likeness (QED) is 0.496. The molecule has 2 saturated carbocycles. The van der Waals surface area contributed by atoms with Crippen LogP contribution in [-0.2, 0) is 0 Å². The average molecular weight is 175 g/mol. The van der Waals surface area contributed by atoms with Crippen LogP contribution in [0.15, 0.2) is 0 Å². The molecule has 46 valence electrons. The van der Waals surface area contributed by atoms with Crippen LogP contribution < -0.4 is 0 Å². The van der Waals surface area contributed by atoms with Crippen molar-refractivity contribution < 1.29 is 0 Å². The van der Waals surface area contributed by atoms with Gasteiger partial charge in [0.25, 0.3) is 0 Å². The molecule has 2 rings (SSSR count). The van der Waals surface area contributed by atoms with E-state index < -0.39 is 0 Å². The molecular weight excluding hydrogens is 164 g/mol. The fraction of sp³-hybridized carbons (Fsp3) is 1.00. The molecule has 1 heteroatoms. The highest BCUT2D eigenvalue weighted by molar-refractivity contribution is 9.09. The average Bonchev–Trinajstić information content (AvgIpc) is 2.23. The Morgan fingerprint density at radius 3 is 2.25 bits per heavy atom. The molecular formula is C7H11Br. The Labute approximate surface area is 58.8 Å². The molecule has 0 radical (unpaired) electrons. The van der Waals surface area contributed by atoms with Gasteiger partial charge in [0, 0.05) is 4.83 Å². The van der Waals surface area contributed by atoms with E-state index in [2.05, 4.69) is 15.9 Å². The van der Waals surface area contributed by atoms with Gasteiger partial charge in [-0.05, 0) is 31.1 Å². The zero-order chi connectivity index (χ0) is 5.56. The fourth-order valence-electron chi connectivity index (χ4n) is 2.17. The summed E-state index contributed by atoms with van der Waals surface area (Å²) in [7, 11) is 0. The second kappa shape index (κ2) is 1.73. The largest absolute Gasteiger partial charge is 0.0888 e. The van der Waals surface area contributed by atoms with Gasteiger partial charge in [-0.2, -0.15) is 0 Å². The molecule has 0 aliphatic heterocycles. The van der Waals surface area contributed by atoms with Gasteiger partial charge in [0.2, 0.25) is 0 Å². The van der Waals surface area contributed by atoms with E-state index >= 15 is 0 Å². The Morgan fingerprint density at radius 2 is 2.00 bits per heavy atom. The van der Waals surface area contributed by atoms with Gasteiger partial charge in [0.1, 0.15) is 0 Å². The summed E-state index contributed by atoms with van der Waals surface area (Å²) in [6, 6.07) is 0. The van der Waals surface area contributed by atoms with Crippen LogP contribution in [0.4, 0.5) is 0 Å². The standard InChI is InChI=1S/C7H11Br/c8-7-4-5-1-2-6(7)3-5/h5-7H,1-4H2/t5-,6-,7+/m1/s1. The second-order valence-electron chi connectivity index (χ2n) is 3.19. The first-order valence-corrected chi connectivity index (χ1v) is 4.42. The van der Waals surface area contributed by atoms with Gasteiger partial charge in [-0.3, -0.25) is 0 Å². The molecule has 0 saturated heterocycles. The van der Waals surface area contributed by atoms with Gasteiger partial charge in [0.15, 0.2) is 0 Å². The van der Waals surface area contributed by atoms with Gasteiger partial charge in [0.05, 0.1) is 0 Å². The number of halogens is 1. The van der Waals surface area contributed by atoms with Crippen molar-refractivity contribution in [1.82, 2.24) is 0 Å². The summed E-state index contributed by atoms with van der Waals surface area (Å²) in [5.41, 5.74) is 0. The minimum atomic E-state index is 0.890. The van der Waals surface area contributed by atoms with Crippen molar-refractivity contribution in [3.8, 4) is 0 Å². The van der Waals surface area contributed by atoms with Crippen molar-refractivity contribution in [3.05, 3.63) is 0 Å². The van der Waals surface area contributed by atoms with Crippen LogP contribution >= 0.6 is 15.9 Å². The molecule has 8 heavy (non-hydrogen) atoms. The van der Waals surface area contributed by atoms with Crippen molar-refractivity contribution in [1.29, 1.82) is 0 Å². The Balaban J connectivity index is 2.11. The topological polar surface area (TPSA) is 0 Å². The maximum Gasteiger partial charge on any atom is 0.0176 e. The molecule has 0 N–H and O–H groups in total. The molecule has 2 fully saturated rings. The van der Waals surface area contributed by atoms with E-state index in [1.807, 2.05) is 0 Å². The van der Waals surface area contributed by atoms with Crippen LogP contribution in [0.5, 0.6) is 0 Å². The number of hydrogen-bond acceptors (Lipinski definition) is 0. The number of fused-ring (bicyclic) bond motifs is 2. The summed E-state index contributed by atoms with van der Waals surface area (Å²) in [5, 5.41) is 0. The summed E-state index contributed by atoms with van der Waals surface area (Å²) >= 11 is 3.70. The van der Waals surface area contributed by atoms with Gasteiger partial charge >= 0.3 is 0 Å². The molecule has 0 spiro atoms. The summed E-state index contributed by atoms with van der Waals surface area (Å²) < 4.78 is 0. The fourth-order valence-corrected chi connectivity index (χ4v) is 3.18. The smallest absolute Gasteiger partial charge is 0.0176 e. The van der Waals surface area contributed by atoms with E-state index in [4.69, 9.17) is 0 Å². The predicted octanol–water partition coefficient (Wildman–Crippen LogP) is 2.57. The SMILES string of the molecule is Br[C@H]1C[C@@H]2CC[C@@H]1C2. The van der Waals surface area contributed by atoms with Crippen molar-refractivity contribution in [2.24, 2.45) is 11.8 Å². The maximum atomic E-state index is 3.70. The number of rotatable bonds is 0. The summed E-state index contributed by atoms with van der Waals surface area (Å²) in [4.78, 5) is 0.890. The lowest BCUT2D eigenvalue weighted by atomic mass is 10.0. The lowest BCUT2D eigenvalue weighted by molar-refractivity contribution is 0.497. The van der Waals surface area contributed by atoms with Crippen LogP contribution in [0.3, 0.4) is 0 Å². The zero-order valence-electron chi connectivity index (χ0n) is 4.94. The summed E-state index contributed by atoms with van der Waals surface area (Å²) in [6.07, 6.45) is 6.01. The predicted molar refractivity (Wildman–Crippen MR) is 38.2 cm³/mol. The second-order valence-corrected chi connectivity index (χ2v) is 4.37. The van der Waals surface area contributed by atoms with E-state index in [0.29, 0.717) is 0 Å². The molecule has 2 aliphatic carbocycles. The van der Waals surface area contributed by atoms with E-state index in [1.165, 1.54) is 25.7 Å². The molecule has 0 amide bonds. The van der Waals surface area contributed by atoms with Gasteiger partial charge < -0.3 is 0 Å². The summed E-state index contributed by atoms with van der Waals surface area (Å²) in [6.45, 7) is 0. The lowest BCUT2D eigenvalue weighted by Gasteiger charge is -2.13. The van der Waals surface area contributed by atoms with E-state index in [0.717, 1.165) is 16.7 Å². The monoisotopic (exact) mass is 174 g/mol. The highest BCUT2D eigenvalue weighted by Gasteiger charge is 2.37. The van der Waals surface area contributed by atoms with E-state index in [-0.39, 0.29) is 0 Å². The van der Waals surface area contributed by atoms with Crippen LogP contribution in [0.25, 0.3) is 0 Å². The Bertz CT molecular complexity index is 98.6. The van der Waals surface area contributed by atoms with Gasteiger partial charge in [-0.15, -0.1) is 0 Å². The van der Waals surface area contributed by atoms with Crippen LogP contribution in [0, 0.1) is 11.8 Å². The number of hydrogen-bond donors (Lipinski definition) is 0. The molecule has 2 aliphatic rings. The van der Waals surface area contributed by atoms with Crippen molar-refractivity contribution in [2.45, 2.75) is 30.5 Å². The molecule has 0 heterocycles. The Kier molecular flexibility index (Phi) is 1.14. The minimum Gasteiger partial charge on any atom is -0.0888 e. The number of alkyl halides is 1. The molecule has 0 aromatic rings. The highest BCUT2D eigenvalue weighted by atomic mass is 79.9. The van der Waals surface area contributed by atoms with Crippen LogP contribution in [-0.4, -0.2) is 4.83 Å². The normalized spacial score (nSPS) is 52.9. The first kappa shape index (κ1) is 5.28. The lowest BCUT2D eigenvalue weighted by Crippen LogP contribution is -2.07. The molecule has 0 nitrogen and oxygen atoms in total. The third kappa shape index (κ3) is 0.637. The molecule has 0 aromatic heterocycles. The summed E-state index contributed by atoms with van der Waals surface area (Å²) in [5.74, 6) is 2.16. The third-order valence-electron chi connectivity index (χ3n) is 2.65. The van der Waals surface area contributed by atoms with Gasteiger partial charge in [-0.1, -0.05) is 22.4 Å². The molecule has 0 aromatic carbocycles. The first-order chi connectivity index (χ1) is 3.86. The van der Waals surface area contributed by atoms with Crippen molar-refractivity contribution in [2.75, 3.05) is 0 Å². The Morgan fingerprint density at radius 1 is 1.12 bits per heavy atom. The molecule has 3 atom stereocenters. The van der Waals surface area contributed by atoms with Crippen molar-refractivity contribution >= 4 is 15.9 Å². The zero-order valence-corrected chi connectivity index (χ0v) is 6.52. The van der Waals surface area contributed by atoms with Crippen LogP contribution in [0.2, 0.25) is 0 Å². The molecule has 2 bridgehead atoms. The first-order valence-electron chi connectivity index (χ1n) is 3.50. The van der Waals surface area contributed by atoms with E-state index in [1.54, 1.807) is 0 Å². The highest BCUT2D eigenvalue weighted by Crippen LogP contribution is 2.47. The maximum absolute atomic E-state index is 3.70. The van der Waals surface area contributed by atoms with E-state index in [9.17, 15) is 0 Å². The van der Waals surface area contributed by atoms with Crippen molar-refractivity contribution in [3.63, 3.8) is 0 Å². The molecule has 0 unspecified atom stereocenters. The minimum absolute atomic E-state index is 0.890. The Hall–Kier alpha value is 0.480. The van der Waals surface area contributed by atoms with Gasteiger partial charge in [-0.25, -0.2) is 0 Å². The third-order valence-corrected chi connectivity index (χ3v) is 3.77. The van der Waals surface area contributed by atoms with Crippen LogP contribution in [0.1, 0.15) is 25.7 Å².